The summed E-state index contributed by atoms with van der Waals surface area (Å²) in [5.41, 5.74) is 0.0731. The zero-order valence-corrected chi connectivity index (χ0v) is 52.1. The molecule has 2 N–H and O–H groups in total. The van der Waals surface area contributed by atoms with E-state index in [1.54, 1.807) is 42.7 Å². The van der Waals surface area contributed by atoms with Crippen LogP contribution in [0.4, 0.5) is 14.0 Å². The monoisotopic (exact) mass is 1230 g/mol. The maximum absolute atomic E-state index is 15.8. The number of halogens is 2. The summed E-state index contributed by atoms with van der Waals surface area (Å²) in [6.45, 7) is 12.1. The number of methoxy groups -OCH3 is 3. The molecule has 0 aromatic heterocycles. The molecular formula is C64H75BClFN5O14P. The van der Waals surface area contributed by atoms with Crippen molar-refractivity contribution in [2.75, 3.05) is 47.5 Å². The average Bonchev–Trinajstić information content (AvgIpc) is 1.67. The number of likely N-dealkylation sites (tertiary alicyclic amines) is 1. The van der Waals surface area contributed by atoms with E-state index in [9.17, 15) is 19.2 Å². The molecule has 6 atom stereocenters. The highest BCUT2D eigenvalue weighted by atomic mass is 35.5. The molecule has 0 radical (unpaired) electrons. The molecule has 1 unspecified atom stereocenters. The van der Waals surface area contributed by atoms with Crippen molar-refractivity contribution in [2.24, 2.45) is 17.3 Å². The van der Waals surface area contributed by atoms with Gasteiger partial charge in [0.05, 0.1) is 68.1 Å². The summed E-state index contributed by atoms with van der Waals surface area (Å²) in [5.74, 6) is -2.96. The molecule has 3 aliphatic carbocycles. The molecule has 6 aliphatic rings. The van der Waals surface area contributed by atoms with Gasteiger partial charge in [0.15, 0.2) is 11.5 Å². The van der Waals surface area contributed by atoms with Crippen molar-refractivity contribution in [2.45, 2.75) is 122 Å². The lowest BCUT2D eigenvalue weighted by Crippen LogP contribution is -2.65. The smallest absolute Gasteiger partial charge is 0.482 e. The second-order valence-corrected chi connectivity index (χ2v) is 27.0. The van der Waals surface area contributed by atoms with E-state index in [0.717, 1.165) is 28.5 Å². The molecule has 23 heteroatoms. The Hall–Kier alpha value is -7.00. The first kappa shape index (κ1) is 63.0. The van der Waals surface area contributed by atoms with E-state index >= 15 is 13.8 Å². The van der Waals surface area contributed by atoms with Gasteiger partial charge in [0.1, 0.15) is 28.8 Å². The van der Waals surface area contributed by atoms with Gasteiger partial charge in [-0.2, -0.15) is 0 Å². The van der Waals surface area contributed by atoms with Gasteiger partial charge in [-0.25, -0.2) is 23.7 Å². The maximum Gasteiger partial charge on any atom is 0.482 e. The first-order valence-electron chi connectivity index (χ1n) is 29.3. The third-order valence-electron chi connectivity index (χ3n) is 17.8. The van der Waals surface area contributed by atoms with Gasteiger partial charge in [0.25, 0.3) is 5.91 Å². The second-order valence-electron chi connectivity index (χ2n) is 24.6. The zero-order valence-electron chi connectivity index (χ0n) is 50.5. The molecule has 5 aromatic carbocycles. The molecule has 2 bridgehead atoms. The van der Waals surface area contributed by atoms with Gasteiger partial charge < -0.3 is 57.7 Å². The molecule has 87 heavy (non-hydrogen) atoms. The minimum atomic E-state index is -4.11. The molecule has 3 aliphatic heterocycles. The standard InChI is InChI=1S/C64H75BClFN5O14P/c1-62(2,3)84-59(75)52-47(67)26-22-42(55(52)80-8)34-51(65-85-50-36-43-35-49(63(43,4)5)64(50,6)86-65)68-57(73)54(41-20-23-45(24-21-41)87(78,82-37-39-16-12-10-13-17-39)83-38-40-18-14-11-15-19-40)69-60(76)72-33-32-71(61(72)77)44-28-30-70(31-29-44)58(74)46-25-27-48(79-7)56(81-9)53(46)66/h10-27,43-44,49-51,54H,28-38H2,1-9H3,(H,68,73)(H,69,76)/t43-,49-,50+,51-,54?,64-/m0/s1. The number of nitrogens with zero attached hydrogens (tertiary/aromatic N) is 3. The lowest BCUT2D eigenvalue weighted by atomic mass is 9.43. The maximum atomic E-state index is 15.8. The Kier molecular flexibility index (Phi) is 18.6. The largest absolute Gasteiger partial charge is 0.495 e. The number of hydrogen-bond donors (Lipinski definition) is 2. The SMILES string of the molecule is COc1ccc(C(=O)N2CCC(N3CCN(C(=O)NC(C(=O)N[C@@H](Cc4ccc(F)c(C(=O)OC(C)(C)C)c4OC)B4O[C@@H]5C[C@@H]6C[C@@H](C6(C)C)[C@]5(C)O4)c4ccc(P(=O)(OCc5ccccc5)OCc5ccccc5)cc4)C3=O)CC2)c(Cl)c1OC. The number of imide groups is 1. The van der Waals surface area contributed by atoms with Gasteiger partial charge in [-0.3, -0.25) is 14.2 Å². The summed E-state index contributed by atoms with van der Waals surface area (Å²) in [7, 11) is -0.992. The van der Waals surface area contributed by atoms with Crippen LogP contribution in [0.3, 0.4) is 0 Å². The van der Waals surface area contributed by atoms with Crippen LogP contribution in [-0.4, -0.2) is 128 Å². The number of benzene rings is 5. The fraction of sp³-hybridized carbons (Fsp3) is 0.453. The fourth-order valence-corrected chi connectivity index (χ4v) is 14.8. The number of carbonyl (C=O) groups excluding carboxylic acids is 5. The number of rotatable bonds is 20. The van der Waals surface area contributed by atoms with Crippen molar-refractivity contribution in [3.05, 3.63) is 153 Å². The first-order valence-corrected chi connectivity index (χ1v) is 31.3. The summed E-state index contributed by atoms with van der Waals surface area (Å²) >= 11 is 6.63. The van der Waals surface area contributed by atoms with Gasteiger partial charge in [0, 0.05) is 32.2 Å². The van der Waals surface area contributed by atoms with Gasteiger partial charge >= 0.3 is 32.7 Å². The minimum absolute atomic E-state index is 0.0196. The molecule has 3 saturated heterocycles. The average molecular weight is 1230 g/mol. The Morgan fingerprint density at radius 2 is 1.43 bits per heavy atom. The van der Waals surface area contributed by atoms with Crippen molar-refractivity contribution in [3.8, 4) is 17.2 Å². The zero-order chi connectivity index (χ0) is 62.2. The molecule has 19 nitrogen and oxygen atoms in total. The number of esters is 1. The number of amides is 6. The van der Waals surface area contributed by atoms with Gasteiger partial charge in [-0.15, -0.1) is 0 Å². The number of nitrogens with one attached hydrogen (secondary N) is 2. The Labute approximate surface area is 512 Å². The molecule has 3 heterocycles. The van der Waals surface area contributed by atoms with Crippen molar-refractivity contribution in [3.63, 3.8) is 0 Å². The van der Waals surface area contributed by atoms with Crippen LogP contribution in [0.25, 0.3) is 0 Å². The highest BCUT2D eigenvalue weighted by Crippen LogP contribution is 2.66. The molecule has 0 spiro atoms. The third-order valence-corrected chi connectivity index (χ3v) is 20.1. The van der Waals surface area contributed by atoms with Gasteiger partial charge in [-0.05, 0) is 130 Å². The van der Waals surface area contributed by atoms with Crippen molar-refractivity contribution >= 4 is 61.5 Å². The van der Waals surface area contributed by atoms with E-state index in [2.05, 4.69) is 24.5 Å². The predicted molar refractivity (Wildman–Crippen MR) is 324 cm³/mol. The van der Waals surface area contributed by atoms with Gasteiger partial charge in [-0.1, -0.05) is 104 Å². The number of ether oxygens (including phenoxy) is 4. The van der Waals surface area contributed by atoms with Crippen LogP contribution in [0.15, 0.2) is 109 Å². The lowest BCUT2D eigenvalue weighted by molar-refractivity contribution is -0.199. The van der Waals surface area contributed by atoms with Crippen LogP contribution in [0, 0.1) is 23.1 Å². The van der Waals surface area contributed by atoms with E-state index in [4.69, 9.17) is 48.9 Å². The highest BCUT2D eigenvalue weighted by molar-refractivity contribution is 7.62. The van der Waals surface area contributed by atoms with Crippen LogP contribution in [0.1, 0.15) is 116 Å². The summed E-state index contributed by atoms with van der Waals surface area (Å²) in [6.07, 6.45) is 2.00. The Morgan fingerprint density at radius 1 is 0.793 bits per heavy atom. The second kappa shape index (κ2) is 25.6. The highest BCUT2D eigenvalue weighted by Gasteiger charge is 2.68. The van der Waals surface area contributed by atoms with Crippen LogP contribution in [-0.2, 0) is 52.1 Å². The summed E-state index contributed by atoms with van der Waals surface area (Å²) in [6, 6.07) is 27.0. The Balaban J connectivity index is 0.948. The van der Waals surface area contributed by atoms with Crippen molar-refractivity contribution in [1.29, 1.82) is 0 Å². The normalized spacial score (nSPS) is 21.6. The number of piperidine rings is 1. The third kappa shape index (κ3) is 13.0. The van der Waals surface area contributed by atoms with Crippen LogP contribution < -0.4 is 30.1 Å². The van der Waals surface area contributed by atoms with Crippen LogP contribution in [0.2, 0.25) is 5.02 Å². The molecular weight excluding hydrogens is 1160 g/mol. The van der Waals surface area contributed by atoms with Crippen LogP contribution >= 0.6 is 19.2 Å². The number of urea groups is 2. The quantitative estimate of drug-likeness (QED) is 0.0422. The molecule has 11 rings (SSSR count). The summed E-state index contributed by atoms with van der Waals surface area (Å²) < 4.78 is 79.1. The summed E-state index contributed by atoms with van der Waals surface area (Å²) in [5, 5.41) is 6.27. The lowest BCUT2D eigenvalue weighted by Gasteiger charge is -2.64. The minimum Gasteiger partial charge on any atom is -0.495 e. The first-order chi connectivity index (χ1) is 41.5. The van der Waals surface area contributed by atoms with Crippen molar-refractivity contribution in [1.82, 2.24) is 25.3 Å². The number of carbonyl (C=O) groups is 5. The van der Waals surface area contributed by atoms with E-state index in [0.29, 0.717) is 49.6 Å². The van der Waals surface area contributed by atoms with Crippen LogP contribution in [0.5, 0.6) is 17.2 Å². The summed E-state index contributed by atoms with van der Waals surface area (Å²) in [4.78, 5) is 76.6. The van der Waals surface area contributed by atoms with E-state index in [1.165, 1.54) is 51.7 Å². The molecule has 6 amide bonds. The fourth-order valence-electron chi connectivity index (χ4n) is 13.0. The van der Waals surface area contributed by atoms with Gasteiger partial charge in [0.2, 0.25) is 5.91 Å². The Bertz CT molecular complexity index is 3380. The predicted octanol–water partition coefficient (Wildman–Crippen LogP) is 10.5. The molecule has 6 fully saturated rings. The molecule has 3 saturated carbocycles. The molecule has 462 valence electrons. The van der Waals surface area contributed by atoms with E-state index < -0.39 is 73.2 Å². The molecule has 5 aromatic rings. The number of hydrogen-bond acceptors (Lipinski definition) is 14. The van der Waals surface area contributed by atoms with Crippen molar-refractivity contribution < 1.29 is 70.2 Å². The van der Waals surface area contributed by atoms with E-state index in [-0.39, 0.29) is 95.1 Å². The Morgan fingerprint density at radius 3 is 2.01 bits per heavy atom. The van der Waals surface area contributed by atoms with E-state index in [1.807, 2.05) is 67.6 Å². The topological polar surface area (TPSA) is 210 Å².